The fourth-order valence-electron chi connectivity index (χ4n) is 7.16. The topological polar surface area (TPSA) is 0 Å². The van der Waals surface area contributed by atoms with Gasteiger partial charge in [-0.1, -0.05) is 146 Å². The average molecular weight is 561 g/mol. The molecule has 0 atom stereocenters. The minimum absolute atomic E-state index is 1.24. The van der Waals surface area contributed by atoms with E-state index in [9.17, 15) is 0 Å². The smallest absolute Gasteiger partial charge is 0.00202 e. The molecule has 44 heavy (non-hydrogen) atoms. The normalized spacial score (nSPS) is 12.6. The van der Waals surface area contributed by atoms with E-state index in [1.165, 1.54) is 86.9 Å². The van der Waals surface area contributed by atoms with E-state index in [1.807, 2.05) is 0 Å². The fourth-order valence-corrected chi connectivity index (χ4v) is 7.16. The van der Waals surface area contributed by atoms with E-state index in [-0.39, 0.29) is 0 Å². The molecule has 0 saturated heterocycles. The van der Waals surface area contributed by atoms with Crippen LogP contribution in [-0.4, -0.2) is 0 Å². The van der Waals surface area contributed by atoms with Crippen LogP contribution >= 0.6 is 0 Å². The Morgan fingerprint density at radius 1 is 0.341 bits per heavy atom. The molecule has 8 aromatic rings. The van der Waals surface area contributed by atoms with Crippen molar-refractivity contribution in [1.29, 1.82) is 0 Å². The third-order valence-electron chi connectivity index (χ3n) is 9.16. The fraction of sp³-hybridized carbons (Fsp3) is 0.0455. The quantitative estimate of drug-likeness (QED) is 0.189. The second-order valence-corrected chi connectivity index (χ2v) is 11.5. The van der Waals surface area contributed by atoms with Gasteiger partial charge < -0.3 is 0 Å². The van der Waals surface area contributed by atoms with Crippen LogP contribution in [0.1, 0.15) is 13.8 Å². The van der Waals surface area contributed by atoms with Gasteiger partial charge in [0.05, 0.1) is 0 Å². The first-order chi connectivity index (χ1) is 21.7. The molecule has 0 fully saturated rings. The molecule has 0 N–H and O–H groups in total. The molecule has 208 valence electrons. The Kier molecular flexibility index (Phi) is 6.35. The lowest BCUT2D eigenvalue weighted by atomic mass is 9.84. The standard InChI is InChI=1S/C44H32/c1-3-35-36(4-2)42(26-25-37(35)33-23-21-29-13-5-7-15-31(29)27-33)44-40-19-11-9-17-38(40)43(39-18-10-12-20-41(39)44)34-24-22-30-14-6-8-16-32(30)28-34/h3-28H,1-2H3/b35-3+,36-4+. The lowest BCUT2D eigenvalue weighted by Gasteiger charge is -2.19. The predicted octanol–water partition coefficient (Wildman–Crippen LogP) is 10.9. The first kappa shape index (κ1) is 26.2. The van der Waals surface area contributed by atoms with Crippen molar-refractivity contribution >= 4 is 55.2 Å². The van der Waals surface area contributed by atoms with Crippen LogP contribution in [0.3, 0.4) is 0 Å². The Hall–Kier alpha value is -5.46. The maximum Gasteiger partial charge on any atom is -0.00202 e. The molecule has 0 aliphatic heterocycles. The Bertz CT molecular complexity index is 2460. The molecule has 0 aliphatic rings. The molecular weight excluding hydrogens is 528 g/mol. The average Bonchev–Trinajstić information content (AvgIpc) is 3.09. The first-order valence-electron chi connectivity index (χ1n) is 15.4. The van der Waals surface area contributed by atoms with Gasteiger partial charge in [-0.15, -0.1) is 0 Å². The molecule has 0 spiro atoms. The van der Waals surface area contributed by atoms with Crippen molar-refractivity contribution in [2.45, 2.75) is 13.8 Å². The summed E-state index contributed by atoms with van der Waals surface area (Å²) < 4.78 is 0. The van der Waals surface area contributed by atoms with Crippen LogP contribution < -0.4 is 10.4 Å². The zero-order chi connectivity index (χ0) is 29.6. The largest absolute Gasteiger partial charge is 0.0791 e. The van der Waals surface area contributed by atoms with Gasteiger partial charge in [0.15, 0.2) is 0 Å². The minimum Gasteiger partial charge on any atom is -0.0791 e. The van der Waals surface area contributed by atoms with Crippen molar-refractivity contribution < 1.29 is 0 Å². The molecular formula is C44H32. The van der Waals surface area contributed by atoms with Crippen LogP contribution in [0.25, 0.3) is 88.6 Å². The molecule has 0 radical (unpaired) electrons. The van der Waals surface area contributed by atoms with Gasteiger partial charge in [-0.2, -0.15) is 0 Å². The minimum atomic E-state index is 1.24. The highest BCUT2D eigenvalue weighted by molar-refractivity contribution is 6.21. The van der Waals surface area contributed by atoms with Crippen LogP contribution in [-0.2, 0) is 0 Å². The van der Waals surface area contributed by atoms with E-state index in [4.69, 9.17) is 0 Å². The van der Waals surface area contributed by atoms with Crippen LogP contribution in [0.4, 0.5) is 0 Å². The second kappa shape index (κ2) is 10.7. The second-order valence-electron chi connectivity index (χ2n) is 11.5. The highest BCUT2D eigenvalue weighted by atomic mass is 14.2. The van der Waals surface area contributed by atoms with Crippen molar-refractivity contribution in [3.8, 4) is 33.4 Å². The lowest BCUT2D eigenvalue weighted by molar-refractivity contribution is 1.48. The van der Waals surface area contributed by atoms with Crippen LogP contribution in [0, 0.1) is 0 Å². The Morgan fingerprint density at radius 2 is 0.750 bits per heavy atom. The maximum atomic E-state index is 2.34. The van der Waals surface area contributed by atoms with Gasteiger partial charge in [-0.3, -0.25) is 0 Å². The zero-order valence-electron chi connectivity index (χ0n) is 25.0. The SMILES string of the molecule is C/C=c1/c(-c2ccc3ccccc3c2)ccc(-c2c3ccccc3c(-c3ccc4ccccc4c3)c3ccccc23)/c1=C/C. The molecule has 0 amide bonds. The summed E-state index contributed by atoms with van der Waals surface area (Å²) in [6.07, 6.45) is 4.56. The number of fused-ring (bicyclic) bond motifs is 4. The van der Waals surface area contributed by atoms with Gasteiger partial charge in [0.2, 0.25) is 0 Å². The van der Waals surface area contributed by atoms with Crippen molar-refractivity contribution in [2.24, 2.45) is 0 Å². The Balaban J connectivity index is 1.44. The van der Waals surface area contributed by atoms with Crippen molar-refractivity contribution in [3.05, 3.63) is 156 Å². The van der Waals surface area contributed by atoms with Gasteiger partial charge in [0, 0.05) is 0 Å². The maximum absolute atomic E-state index is 2.34. The third-order valence-corrected chi connectivity index (χ3v) is 9.16. The Morgan fingerprint density at radius 3 is 1.30 bits per heavy atom. The highest BCUT2D eigenvalue weighted by Crippen LogP contribution is 2.43. The van der Waals surface area contributed by atoms with E-state index in [1.54, 1.807) is 0 Å². The molecule has 0 aliphatic carbocycles. The summed E-state index contributed by atoms with van der Waals surface area (Å²) in [7, 11) is 0. The van der Waals surface area contributed by atoms with Gasteiger partial charge in [0.25, 0.3) is 0 Å². The number of rotatable bonds is 3. The van der Waals surface area contributed by atoms with E-state index < -0.39 is 0 Å². The first-order valence-corrected chi connectivity index (χ1v) is 15.4. The number of benzene rings is 8. The van der Waals surface area contributed by atoms with Gasteiger partial charge in [-0.05, 0) is 113 Å². The Labute approximate surface area is 257 Å². The molecule has 8 rings (SSSR count). The van der Waals surface area contributed by atoms with Crippen LogP contribution in [0.5, 0.6) is 0 Å². The molecule has 0 heteroatoms. The molecule has 0 aromatic heterocycles. The highest BCUT2D eigenvalue weighted by Gasteiger charge is 2.18. The molecule has 0 heterocycles. The zero-order valence-corrected chi connectivity index (χ0v) is 25.0. The summed E-state index contributed by atoms with van der Waals surface area (Å²) in [6.45, 7) is 4.33. The van der Waals surface area contributed by atoms with Gasteiger partial charge in [-0.25, -0.2) is 0 Å². The van der Waals surface area contributed by atoms with Gasteiger partial charge in [0.1, 0.15) is 0 Å². The summed E-state index contributed by atoms with van der Waals surface area (Å²) in [5, 5.41) is 12.7. The van der Waals surface area contributed by atoms with Crippen molar-refractivity contribution in [3.63, 3.8) is 0 Å². The monoisotopic (exact) mass is 560 g/mol. The third kappa shape index (κ3) is 4.14. The number of hydrogen-bond acceptors (Lipinski definition) is 0. The molecule has 8 aromatic carbocycles. The summed E-state index contributed by atoms with van der Waals surface area (Å²) in [4.78, 5) is 0. The molecule has 0 bridgehead atoms. The van der Waals surface area contributed by atoms with Crippen molar-refractivity contribution in [1.82, 2.24) is 0 Å². The van der Waals surface area contributed by atoms with Crippen LogP contribution in [0.2, 0.25) is 0 Å². The number of hydrogen-bond donors (Lipinski definition) is 0. The van der Waals surface area contributed by atoms with E-state index in [2.05, 4.69) is 172 Å². The van der Waals surface area contributed by atoms with E-state index >= 15 is 0 Å². The summed E-state index contributed by atoms with van der Waals surface area (Å²) in [5.74, 6) is 0. The summed E-state index contributed by atoms with van der Waals surface area (Å²) >= 11 is 0. The predicted molar refractivity (Wildman–Crippen MR) is 192 cm³/mol. The summed E-state index contributed by atoms with van der Waals surface area (Å²) in [5.41, 5.74) is 7.61. The molecule has 0 unspecified atom stereocenters. The molecule has 0 saturated carbocycles. The lowest BCUT2D eigenvalue weighted by Crippen LogP contribution is -2.28. The molecule has 0 nitrogen and oxygen atoms in total. The van der Waals surface area contributed by atoms with Crippen molar-refractivity contribution in [2.75, 3.05) is 0 Å². The van der Waals surface area contributed by atoms with E-state index in [0.29, 0.717) is 0 Å². The van der Waals surface area contributed by atoms with Crippen LogP contribution in [0.15, 0.2) is 146 Å². The van der Waals surface area contributed by atoms with E-state index in [0.717, 1.165) is 0 Å². The van der Waals surface area contributed by atoms with Gasteiger partial charge >= 0.3 is 0 Å². The summed E-state index contributed by atoms with van der Waals surface area (Å²) in [6, 6.07) is 53.5.